The van der Waals surface area contributed by atoms with E-state index in [-0.39, 0.29) is 5.04 Å². The third-order valence-electron chi connectivity index (χ3n) is 7.95. The first-order valence-corrected chi connectivity index (χ1v) is 14.6. The topological polar surface area (TPSA) is 8.24 Å². The molecular weight excluding hydrogens is 416 g/mol. The molecule has 3 aromatic carbocycles. The van der Waals surface area contributed by atoms with Gasteiger partial charge in [-0.1, -0.05) is 86.2 Å². The maximum atomic E-state index is 7.54. The lowest BCUT2D eigenvalue weighted by Crippen LogP contribution is -2.57. The Balaban J connectivity index is 1.91. The molecule has 0 spiro atoms. The Morgan fingerprint density at radius 3 is 2.27 bits per heavy atom. The average molecular weight is 450 g/mol. The van der Waals surface area contributed by atoms with Crippen molar-refractivity contribution in [1.29, 1.82) is 0 Å². The van der Waals surface area contributed by atoms with E-state index in [2.05, 4.69) is 118 Å². The highest BCUT2D eigenvalue weighted by molar-refractivity contribution is 6.92. The Bertz CT molecular complexity index is 1390. The lowest BCUT2D eigenvalue weighted by molar-refractivity contribution is -0.659. The Hall–Kier alpha value is -3.22. The molecule has 0 amide bonds. The van der Waals surface area contributed by atoms with E-state index >= 15 is 0 Å². The number of hydrogen-bond donors (Lipinski definition) is 0. The summed E-state index contributed by atoms with van der Waals surface area (Å²) in [5, 5.41) is 4.06. The molecule has 33 heavy (non-hydrogen) atoms. The molecule has 4 aromatic rings. The van der Waals surface area contributed by atoms with Gasteiger partial charge in [0.1, 0.15) is 7.05 Å². The summed E-state index contributed by atoms with van der Waals surface area (Å²) in [4.78, 5) is 3.72. The Morgan fingerprint density at radius 2 is 1.61 bits per heavy atom. The van der Waals surface area contributed by atoms with Crippen molar-refractivity contribution >= 4 is 29.7 Å². The van der Waals surface area contributed by atoms with Crippen LogP contribution in [0.1, 0.15) is 30.5 Å². The van der Waals surface area contributed by atoms with Gasteiger partial charge in [-0.3, -0.25) is 0 Å². The number of fused-ring (bicyclic) bond motifs is 1. The third-order valence-corrected chi connectivity index (χ3v) is 13.1. The largest absolute Gasteiger partial charge is 0.238 e. The summed E-state index contributed by atoms with van der Waals surface area (Å²) >= 11 is 0. The zero-order valence-electron chi connectivity index (χ0n) is 20.8. The predicted molar refractivity (Wildman–Crippen MR) is 143 cm³/mol. The molecule has 0 aliphatic carbocycles. The molecule has 2 nitrogen and oxygen atoms in total. The first-order chi connectivity index (χ1) is 15.6. The molecular formula is C30H33N2Si+. The fraction of sp³-hybridized carbons (Fsp3) is 0.267. The summed E-state index contributed by atoms with van der Waals surface area (Å²) in [6, 6.07) is 24.2. The Labute approximate surface area is 199 Å². The SMILES string of the molecule is [C-]#[N+]c1cc(C)c(C)c(-c2c3ccc([Si](C)(C)C(C)(C)c4ccccc4)cc3cc[n+]2C)c1. The van der Waals surface area contributed by atoms with Crippen LogP contribution in [-0.2, 0) is 12.1 Å². The van der Waals surface area contributed by atoms with Crippen LogP contribution < -0.4 is 9.75 Å². The molecule has 1 aromatic heterocycles. The molecule has 1 heterocycles. The molecule has 0 aliphatic rings. The van der Waals surface area contributed by atoms with Crippen molar-refractivity contribution in [2.45, 2.75) is 45.8 Å². The molecule has 0 bridgehead atoms. The molecule has 0 aliphatic heterocycles. The molecule has 0 radical (unpaired) electrons. The maximum Gasteiger partial charge on any atom is 0.219 e. The van der Waals surface area contributed by atoms with Crippen molar-refractivity contribution in [3.63, 3.8) is 0 Å². The summed E-state index contributed by atoms with van der Waals surface area (Å²) < 4.78 is 2.19. The van der Waals surface area contributed by atoms with Crippen LogP contribution >= 0.6 is 0 Å². The van der Waals surface area contributed by atoms with E-state index in [9.17, 15) is 0 Å². The van der Waals surface area contributed by atoms with Gasteiger partial charge in [-0.05, 0) is 47.5 Å². The van der Waals surface area contributed by atoms with E-state index in [1.807, 2.05) is 12.1 Å². The van der Waals surface area contributed by atoms with Crippen LogP contribution in [0.25, 0.3) is 26.9 Å². The summed E-state index contributed by atoms with van der Waals surface area (Å²) in [6.45, 7) is 21.6. The van der Waals surface area contributed by atoms with E-state index in [0.29, 0.717) is 5.69 Å². The highest BCUT2D eigenvalue weighted by Gasteiger charge is 2.41. The van der Waals surface area contributed by atoms with Gasteiger partial charge in [0.25, 0.3) is 0 Å². The number of benzene rings is 3. The summed E-state index contributed by atoms with van der Waals surface area (Å²) in [5.41, 5.74) is 6.80. The standard InChI is InChI=1S/C30H33N2Si/c1-21-18-25(31-5)20-28(22(21)2)29-27-15-14-26(19-23(27)16-17-32(29)6)33(7,8)30(3,4)24-12-10-9-11-13-24/h9-20H,1-4,6-8H3/q+1. The summed E-state index contributed by atoms with van der Waals surface area (Å²) in [6.07, 6.45) is 2.15. The minimum Gasteiger partial charge on any atom is -0.238 e. The first kappa shape index (κ1) is 23.0. The van der Waals surface area contributed by atoms with Crippen molar-refractivity contribution in [3.8, 4) is 11.3 Å². The molecule has 0 N–H and O–H groups in total. The fourth-order valence-corrected chi connectivity index (χ4v) is 7.45. The van der Waals surface area contributed by atoms with Crippen LogP contribution in [0.15, 0.2) is 72.9 Å². The van der Waals surface area contributed by atoms with E-state index in [4.69, 9.17) is 6.57 Å². The second-order valence-corrected chi connectivity index (χ2v) is 15.3. The molecule has 3 heteroatoms. The van der Waals surface area contributed by atoms with Gasteiger partial charge in [-0.2, -0.15) is 0 Å². The molecule has 0 fully saturated rings. The average Bonchev–Trinajstić information content (AvgIpc) is 2.81. The van der Waals surface area contributed by atoms with E-state index in [1.54, 1.807) is 0 Å². The lowest BCUT2D eigenvalue weighted by atomic mass is 9.96. The Morgan fingerprint density at radius 1 is 0.909 bits per heavy atom. The van der Waals surface area contributed by atoms with Crippen molar-refractivity contribution in [2.24, 2.45) is 7.05 Å². The zero-order chi connectivity index (χ0) is 24.0. The van der Waals surface area contributed by atoms with Gasteiger partial charge in [0.15, 0.2) is 11.9 Å². The number of hydrogen-bond acceptors (Lipinski definition) is 0. The van der Waals surface area contributed by atoms with Gasteiger partial charge in [-0.15, -0.1) is 0 Å². The highest BCUT2D eigenvalue weighted by atomic mass is 28.3. The maximum absolute atomic E-state index is 7.54. The van der Waals surface area contributed by atoms with Crippen LogP contribution in [0.4, 0.5) is 5.69 Å². The number of nitrogens with zero attached hydrogens (tertiary/aromatic N) is 2. The van der Waals surface area contributed by atoms with Gasteiger partial charge in [-0.25, -0.2) is 9.41 Å². The second-order valence-electron chi connectivity index (χ2n) is 10.2. The van der Waals surface area contributed by atoms with Crippen LogP contribution in [0.2, 0.25) is 13.1 Å². The smallest absolute Gasteiger partial charge is 0.219 e. The van der Waals surface area contributed by atoms with E-state index < -0.39 is 8.07 Å². The van der Waals surface area contributed by atoms with Gasteiger partial charge in [0.2, 0.25) is 5.69 Å². The molecule has 0 unspecified atom stereocenters. The number of aromatic nitrogens is 1. The van der Waals surface area contributed by atoms with Gasteiger partial charge < -0.3 is 0 Å². The molecule has 0 saturated heterocycles. The van der Waals surface area contributed by atoms with Gasteiger partial charge in [0.05, 0.1) is 20.0 Å². The predicted octanol–water partition coefficient (Wildman–Crippen LogP) is 6.93. The summed E-state index contributed by atoms with van der Waals surface area (Å²) in [5.74, 6) is 0. The van der Waals surface area contributed by atoms with Gasteiger partial charge in [0, 0.05) is 11.6 Å². The van der Waals surface area contributed by atoms with Crippen LogP contribution in [0.3, 0.4) is 0 Å². The van der Waals surface area contributed by atoms with Crippen LogP contribution in [0, 0.1) is 20.4 Å². The zero-order valence-corrected chi connectivity index (χ0v) is 21.8. The fourth-order valence-electron chi connectivity index (χ4n) is 4.82. The number of aryl methyl sites for hydroxylation is 2. The van der Waals surface area contributed by atoms with Crippen LogP contribution in [0.5, 0.6) is 0 Å². The normalized spacial score (nSPS) is 12.1. The van der Waals surface area contributed by atoms with E-state index in [0.717, 1.165) is 11.1 Å². The van der Waals surface area contributed by atoms with E-state index in [1.165, 1.54) is 32.8 Å². The number of rotatable bonds is 4. The van der Waals surface area contributed by atoms with Crippen molar-refractivity contribution in [1.82, 2.24) is 0 Å². The minimum absolute atomic E-state index is 0.0991. The second kappa shape index (κ2) is 8.28. The molecule has 166 valence electrons. The quantitative estimate of drug-likeness (QED) is 0.181. The molecule has 4 rings (SSSR count). The van der Waals surface area contributed by atoms with Crippen molar-refractivity contribution in [3.05, 3.63) is 101 Å². The summed E-state index contributed by atoms with van der Waals surface area (Å²) in [7, 11) is 0.240. The monoisotopic (exact) mass is 449 g/mol. The minimum atomic E-state index is -1.86. The van der Waals surface area contributed by atoms with Gasteiger partial charge >= 0.3 is 0 Å². The van der Waals surface area contributed by atoms with Crippen molar-refractivity contribution in [2.75, 3.05) is 0 Å². The third kappa shape index (κ3) is 3.79. The van der Waals surface area contributed by atoms with Crippen molar-refractivity contribution < 1.29 is 4.57 Å². The van der Waals surface area contributed by atoms with Crippen LogP contribution in [-0.4, -0.2) is 8.07 Å². The molecule has 0 saturated carbocycles. The number of pyridine rings is 1. The Kier molecular flexibility index (Phi) is 5.76. The lowest BCUT2D eigenvalue weighted by Gasteiger charge is -2.41. The molecule has 0 atom stereocenters. The first-order valence-electron chi connectivity index (χ1n) is 11.6. The highest BCUT2D eigenvalue weighted by Crippen LogP contribution is 2.36.